The molecular weight excluding hydrogens is 298 g/mol. The minimum atomic E-state index is -0.701. The van der Waals surface area contributed by atoms with E-state index >= 15 is 0 Å². The maximum atomic E-state index is 11.4. The Morgan fingerprint density at radius 2 is 2.24 bits per heavy atom. The van der Waals surface area contributed by atoms with Gasteiger partial charge in [0.25, 0.3) is 10.9 Å². The Kier molecular flexibility index (Phi) is 4.53. The molecule has 0 unspecified atom stereocenters. The molecule has 0 saturated heterocycles. The second kappa shape index (κ2) is 6.35. The van der Waals surface area contributed by atoms with Gasteiger partial charge in [-0.2, -0.15) is 0 Å². The van der Waals surface area contributed by atoms with Gasteiger partial charge < -0.3 is 9.15 Å². The summed E-state index contributed by atoms with van der Waals surface area (Å²) < 4.78 is 9.89. The topological polar surface area (TPSA) is 108 Å². The molecule has 0 N–H and O–H groups in total. The summed E-state index contributed by atoms with van der Waals surface area (Å²) in [6.07, 6.45) is 0. The lowest BCUT2D eigenvalue weighted by Gasteiger charge is -2.02. The van der Waals surface area contributed by atoms with Crippen LogP contribution in [0.2, 0.25) is 0 Å². The molecule has 0 saturated carbocycles. The number of nitro benzene ring substituents is 1. The molecule has 0 radical (unpaired) electrons. The number of nitro groups is 1. The van der Waals surface area contributed by atoms with Gasteiger partial charge >= 0.3 is 11.9 Å². The van der Waals surface area contributed by atoms with Crippen LogP contribution >= 0.6 is 11.8 Å². The third-order valence-corrected chi connectivity index (χ3v) is 3.51. The zero-order valence-corrected chi connectivity index (χ0v) is 12.0. The minimum absolute atomic E-state index is 0.00475. The van der Waals surface area contributed by atoms with Crippen molar-refractivity contribution in [3.8, 4) is 0 Å². The number of carbonyl (C=O) groups excluding carboxylic acids is 1. The molecule has 2 rings (SSSR count). The van der Waals surface area contributed by atoms with Crippen LogP contribution in [0.3, 0.4) is 0 Å². The minimum Gasteiger partial charge on any atom is -0.459 e. The second-order valence-electron chi connectivity index (χ2n) is 3.85. The smallest absolute Gasteiger partial charge is 0.396 e. The second-order valence-corrected chi connectivity index (χ2v) is 4.85. The highest BCUT2D eigenvalue weighted by Crippen LogP contribution is 2.33. The highest BCUT2D eigenvalue weighted by molar-refractivity contribution is 7.99. The molecule has 2 aromatic rings. The van der Waals surface area contributed by atoms with Crippen LogP contribution in [0.15, 0.2) is 32.7 Å². The highest BCUT2D eigenvalue weighted by atomic mass is 32.2. The zero-order valence-electron chi connectivity index (χ0n) is 11.2. The molecule has 0 amide bonds. The van der Waals surface area contributed by atoms with E-state index in [1.807, 2.05) is 0 Å². The fraction of sp³-hybridized carbons (Fsp3) is 0.250. The number of benzene rings is 1. The molecule has 0 aliphatic heterocycles. The molecule has 9 heteroatoms. The van der Waals surface area contributed by atoms with Crippen LogP contribution in [0.25, 0.3) is 0 Å². The third kappa shape index (κ3) is 3.37. The largest absolute Gasteiger partial charge is 0.459 e. The van der Waals surface area contributed by atoms with Crippen molar-refractivity contribution in [3.05, 3.63) is 39.8 Å². The number of hydrogen-bond donors (Lipinski definition) is 0. The molecule has 21 heavy (non-hydrogen) atoms. The Hall–Kier alpha value is -2.42. The predicted molar refractivity (Wildman–Crippen MR) is 72.2 cm³/mol. The lowest BCUT2D eigenvalue weighted by molar-refractivity contribution is -0.385. The van der Waals surface area contributed by atoms with Crippen LogP contribution in [0.4, 0.5) is 5.69 Å². The molecule has 1 heterocycles. The van der Waals surface area contributed by atoms with Gasteiger partial charge in [0, 0.05) is 16.5 Å². The van der Waals surface area contributed by atoms with Crippen LogP contribution in [0.1, 0.15) is 23.2 Å². The normalized spacial score (nSPS) is 10.4. The molecule has 0 spiro atoms. The summed E-state index contributed by atoms with van der Waals surface area (Å²) in [5.41, 5.74) is 0.494. The summed E-state index contributed by atoms with van der Waals surface area (Å²) in [4.78, 5) is 22.4. The third-order valence-electron chi connectivity index (χ3n) is 2.51. The van der Waals surface area contributed by atoms with Crippen LogP contribution in [-0.2, 0) is 4.74 Å². The van der Waals surface area contributed by atoms with Gasteiger partial charge in [0.15, 0.2) is 0 Å². The summed E-state index contributed by atoms with van der Waals surface area (Å²) >= 11 is 1.05. The first kappa shape index (κ1) is 15.0. The Balaban J connectivity index is 2.21. The molecule has 0 aliphatic rings. The van der Waals surface area contributed by atoms with Gasteiger partial charge in [-0.25, -0.2) is 4.79 Å². The summed E-state index contributed by atoms with van der Waals surface area (Å²) in [5.74, 6) is -0.949. The average molecular weight is 309 g/mol. The van der Waals surface area contributed by atoms with Gasteiger partial charge in [-0.3, -0.25) is 10.1 Å². The fourth-order valence-electron chi connectivity index (χ4n) is 1.53. The number of hydrogen-bond acceptors (Lipinski definition) is 8. The van der Waals surface area contributed by atoms with Gasteiger partial charge in [0.1, 0.15) is 0 Å². The number of esters is 1. The molecular formula is C12H11N3O5S. The van der Waals surface area contributed by atoms with Crippen LogP contribution < -0.4 is 0 Å². The molecule has 0 aliphatic carbocycles. The maximum absolute atomic E-state index is 11.4. The van der Waals surface area contributed by atoms with Gasteiger partial charge in [-0.05, 0) is 31.7 Å². The summed E-state index contributed by atoms with van der Waals surface area (Å²) in [6, 6.07) is 4.68. The van der Waals surface area contributed by atoms with Crippen molar-refractivity contribution in [3.63, 3.8) is 0 Å². The van der Waals surface area contributed by atoms with E-state index < -0.39 is 10.9 Å². The molecule has 110 valence electrons. The first-order valence-electron chi connectivity index (χ1n) is 5.95. The monoisotopic (exact) mass is 309 g/mol. The summed E-state index contributed by atoms with van der Waals surface area (Å²) in [6.45, 7) is 3.49. The van der Waals surface area contributed by atoms with Crippen LogP contribution in [-0.4, -0.2) is 27.7 Å². The Bertz CT molecular complexity index is 685. The van der Waals surface area contributed by atoms with Crippen LogP contribution in [0, 0.1) is 17.0 Å². The van der Waals surface area contributed by atoms with Crippen molar-refractivity contribution < 1.29 is 18.9 Å². The van der Waals surface area contributed by atoms with Crippen molar-refractivity contribution in [1.29, 1.82) is 0 Å². The van der Waals surface area contributed by atoms with Crippen molar-refractivity contribution in [2.45, 2.75) is 24.0 Å². The SMILES string of the molecule is CCOC(=O)c1nnc(Sc2cccc([N+](=O)[O-])c2C)o1. The first-order chi connectivity index (χ1) is 10.0. The van der Waals surface area contributed by atoms with Crippen molar-refractivity contribution in [2.75, 3.05) is 6.61 Å². The summed E-state index contributed by atoms with van der Waals surface area (Å²) in [5, 5.41) is 18.3. The standard InChI is InChI=1S/C12H11N3O5S/c1-3-19-11(16)10-13-14-12(20-10)21-9-6-4-5-8(7(9)2)15(17)18/h4-6H,3H2,1-2H3. The number of rotatable bonds is 5. The van der Waals surface area contributed by atoms with Gasteiger partial charge in [-0.1, -0.05) is 11.2 Å². The van der Waals surface area contributed by atoms with E-state index in [0.717, 1.165) is 11.8 Å². The molecule has 0 bridgehead atoms. The van der Waals surface area contributed by atoms with E-state index in [1.54, 1.807) is 26.0 Å². The molecule has 8 nitrogen and oxygen atoms in total. The lowest BCUT2D eigenvalue weighted by Crippen LogP contribution is -2.04. The number of carbonyl (C=O) groups is 1. The van der Waals surface area contributed by atoms with E-state index in [1.165, 1.54) is 6.07 Å². The Labute approximate surface area is 123 Å². The molecule has 1 aromatic carbocycles. The number of nitrogens with zero attached hydrogens (tertiary/aromatic N) is 3. The number of ether oxygens (including phenoxy) is 1. The first-order valence-corrected chi connectivity index (χ1v) is 6.77. The van der Waals surface area contributed by atoms with Crippen molar-refractivity contribution in [1.82, 2.24) is 10.2 Å². The Morgan fingerprint density at radius 3 is 2.90 bits per heavy atom. The highest BCUT2D eigenvalue weighted by Gasteiger charge is 2.19. The van der Waals surface area contributed by atoms with E-state index in [-0.39, 0.29) is 23.4 Å². The molecule has 0 atom stereocenters. The Morgan fingerprint density at radius 1 is 1.48 bits per heavy atom. The van der Waals surface area contributed by atoms with E-state index in [4.69, 9.17) is 9.15 Å². The maximum Gasteiger partial charge on any atom is 0.396 e. The quantitative estimate of drug-likeness (QED) is 0.471. The lowest BCUT2D eigenvalue weighted by atomic mass is 10.2. The van der Waals surface area contributed by atoms with Crippen LogP contribution in [0.5, 0.6) is 0 Å². The van der Waals surface area contributed by atoms with E-state index in [2.05, 4.69) is 10.2 Å². The van der Waals surface area contributed by atoms with E-state index in [0.29, 0.717) is 10.5 Å². The average Bonchev–Trinajstić information content (AvgIpc) is 2.90. The summed E-state index contributed by atoms with van der Waals surface area (Å²) in [7, 11) is 0. The van der Waals surface area contributed by atoms with Crippen molar-refractivity contribution in [2.24, 2.45) is 0 Å². The van der Waals surface area contributed by atoms with Gasteiger partial charge in [0.2, 0.25) is 0 Å². The molecule has 0 fully saturated rings. The predicted octanol–water partition coefficient (Wildman–Crippen LogP) is 2.61. The van der Waals surface area contributed by atoms with Gasteiger partial charge in [-0.15, -0.1) is 5.10 Å². The fourth-order valence-corrected chi connectivity index (χ4v) is 2.33. The molecule has 1 aromatic heterocycles. The van der Waals surface area contributed by atoms with Crippen molar-refractivity contribution >= 4 is 23.4 Å². The van der Waals surface area contributed by atoms with E-state index in [9.17, 15) is 14.9 Å². The van der Waals surface area contributed by atoms with Gasteiger partial charge in [0.05, 0.1) is 11.5 Å². The number of aromatic nitrogens is 2. The zero-order chi connectivity index (χ0) is 15.4.